The predicted octanol–water partition coefficient (Wildman–Crippen LogP) is 6.50. The van der Waals surface area contributed by atoms with E-state index in [9.17, 15) is 5.11 Å². The molecule has 154 valence electrons. The lowest BCUT2D eigenvalue weighted by Crippen LogP contribution is -2.17. The molecular weight excluding hydrogens is 358 g/mol. The molecule has 1 N–H and O–H groups in total. The molecule has 3 aromatic rings. The fraction of sp³-hybridized carbons (Fsp3) is 0.440. The van der Waals surface area contributed by atoms with Gasteiger partial charge in [-0.1, -0.05) is 60.6 Å². The number of aliphatic imine (C=N–C) groups is 1. The molecule has 0 bridgehead atoms. The summed E-state index contributed by atoms with van der Waals surface area (Å²) in [7, 11) is 0. The second-order valence-electron chi connectivity index (χ2n) is 9.77. The minimum Gasteiger partial charge on any atom is -0.507 e. The van der Waals surface area contributed by atoms with Gasteiger partial charge in [-0.3, -0.25) is 0 Å². The van der Waals surface area contributed by atoms with E-state index in [0.717, 1.165) is 46.6 Å². The predicted molar refractivity (Wildman–Crippen MR) is 123 cm³/mol. The topological polar surface area (TPSA) is 50.4 Å². The Bertz CT molecular complexity index is 1010. The molecule has 0 atom stereocenters. The van der Waals surface area contributed by atoms with Crippen LogP contribution in [-0.4, -0.2) is 20.9 Å². The van der Waals surface area contributed by atoms with E-state index in [1.165, 1.54) is 0 Å². The first kappa shape index (κ1) is 21.1. The number of phenols is 1. The summed E-state index contributed by atoms with van der Waals surface area (Å²) in [6, 6.07) is 12.2. The normalized spacial score (nSPS) is 12.9. The molecule has 1 aromatic heterocycles. The molecule has 0 spiro atoms. The number of aromatic nitrogens is 2. The maximum atomic E-state index is 10.9. The van der Waals surface area contributed by atoms with Gasteiger partial charge in [-0.25, -0.2) is 9.98 Å². The van der Waals surface area contributed by atoms with Crippen LogP contribution in [0.4, 0.5) is 5.95 Å². The van der Waals surface area contributed by atoms with Crippen LogP contribution in [0.1, 0.15) is 71.6 Å². The summed E-state index contributed by atoms with van der Waals surface area (Å²) in [6.07, 6.45) is 2.89. The quantitative estimate of drug-likeness (QED) is 0.516. The van der Waals surface area contributed by atoms with E-state index in [0.29, 0.717) is 5.75 Å². The van der Waals surface area contributed by atoms with Gasteiger partial charge in [-0.05, 0) is 47.1 Å². The highest BCUT2D eigenvalue weighted by Gasteiger charge is 2.26. The van der Waals surface area contributed by atoms with E-state index in [2.05, 4.69) is 59.1 Å². The number of aromatic hydroxyl groups is 1. The van der Waals surface area contributed by atoms with Crippen LogP contribution in [0.3, 0.4) is 0 Å². The molecule has 1 heterocycles. The van der Waals surface area contributed by atoms with Crippen LogP contribution >= 0.6 is 0 Å². The van der Waals surface area contributed by atoms with Crippen molar-refractivity contribution in [1.82, 2.24) is 9.55 Å². The molecule has 0 aliphatic heterocycles. The largest absolute Gasteiger partial charge is 0.507 e. The fourth-order valence-corrected chi connectivity index (χ4v) is 3.61. The minimum absolute atomic E-state index is 0.163. The zero-order chi connectivity index (χ0) is 21.4. The summed E-state index contributed by atoms with van der Waals surface area (Å²) in [5, 5.41) is 10.9. The average molecular weight is 392 g/mol. The highest BCUT2D eigenvalue weighted by molar-refractivity contribution is 5.85. The molecule has 4 heteroatoms. The molecule has 0 aliphatic rings. The monoisotopic (exact) mass is 391 g/mol. The summed E-state index contributed by atoms with van der Waals surface area (Å²) in [5.74, 6) is 1.11. The summed E-state index contributed by atoms with van der Waals surface area (Å²) >= 11 is 0. The number of fused-ring (bicyclic) bond motifs is 1. The Kier molecular flexibility index (Phi) is 5.57. The van der Waals surface area contributed by atoms with Crippen LogP contribution in [0, 0.1) is 0 Å². The number of hydrogen-bond donors (Lipinski definition) is 1. The van der Waals surface area contributed by atoms with Gasteiger partial charge >= 0.3 is 0 Å². The lowest BCUT2D eigenvalue weighted by molar-refractivity contribution is 0.423. The Hall–Kier alpha value is -2.62. The van der Waals surface area contributed by atoms with Gasteiger partial charge in [0.25, 0.3) is 0 Å². The number of benzene rings is 2. The van der Waals surface area contributed by atoms with E-state index in [1.807, 2.05) is 36.5 Å². The van der Waals surface area contributed by atoms with Gasteiger partial charge in [0.05, 0.1) is 11.0 Å². The first-order chi connectivity index (χ1) is 13.5. The zero-order valence-electron chi connectivity index (χ0n) is 18.7. The highest BCUT2D eigenvalue weighted by Crippen LogP contribution is 2.39. The Labute approximate surface area is 174 Å². The Morgan fingerprint density at radius 3 is 2.14 bits per heavy atom. The Morgan fingerprint density at radius 1 is 1.00 bits per heavy atom. The van der Waals surface area contributed by atoms with E-state index in [1.54, 1.807) is 0 Å². The summed E-state index contributed by atoms with van der Waals surface area (Å²) in [5.41, 5.74) is 4.60. The number of aryl methyl sites for hydroxylation is 1. The van der Waals surface area contributed by atoms with E-state index in [4.69, 9.17) is 9.98 Å². The van der Waals surface area contributed by atoms with E-state index in [-0.39, 0.29) is 10.8 Å². The molecule has 0 amide bonds. The van der Waals surface area contributed by atoms with E-state index < -0.39 is 0 Å². The van der Waals surface area contributed by atoms with E-state index >= 15 is 0 Å². The molecule has 0 saturated heterocycles. The third kappa shape index (κ3) is 4.36. The molecule has 3 rings (SSSR count). The highest BCUT2D eigenvalue weighted by atomic mass is 16.3. The van der Waals surface area contributed by atoms with Gasteiger partial charge in [-0.15, -0.1) is 0 Å². The third-order valence-electron chi connectivity index (χ3n) is 5.16. The number of rotatable bonds is 4. The standard InChI is InChI=1S/C25H33N3O/c1-8-13-28-21-12-10-9-11-20(21)27-23(28)26-16-17-14-18(24(2,3)4)22(29)19(15-17)25(5,6)7/h9-12,14-16,29H,8,13H2,1-7H3. The Balaban J connectivity index is 2.12. The van der Waals surface area contributed by atoms with Gasteiger partial charge < -0.3 is 9.67 Å². The fourth-order valence-electron chi connectivity index (χ4n) is 3.61. The number of hydrogen-bond acceptors (Lipinski definition) is 3. The minimum atomic E-state index is -0.163. The van der Waals surface area contributed by atoms with Crippen molar-refractivity contribution in [1.29, 1.82) is 0 Å². The maximum Gasteiger partial charge on any atom is 0.230 e. The van der Waals surface area contributed by atoms with Crippen molar-refractivity contribution >= 4 is 23.2 Å². The third-order valence-corrected chi connectivity index (χ3v) is 5.16. The van der Waals surface area contributed by atoms with Crippen LogP contribution in [0.15, 0.2) is 41.4 Å². The molecule has 0 radical (unpaired) electrons. The second kappa shape index (κ2) is 7.66. The van der Waals surface area contributed by atoms with Crippen LogP contribution in [-0.2, 0) is 17.4 Å². The molecule has 2 aromatic carbocycles. The van der Waals surface area contributed by atoms with Crippen molar-refractivity contribution in [2.75, 3.05) is 0 Å². The second-order valence-corrected chi connectivity index (χ2v) is 9.77. The smallest absolute Gasteiger partial charge is 0.230 e. The van der Waals surface area contributed by atoms with Crippen molar-refractivity contribution in [3.63, 3.8) is 0 Å². The lowest BCUT2D eigenvalue weighted by atomic mass is 9.78. The number of phenolic OH excluding ortho intramolecular Hbond substituents is 1. The van der Waals surface area contributed by atoms with Crippen molar-refractivity contribution < 1.29 is 5.11 Å². The SMILES string of the molecule is CCCn1c(N=Cc2cc(C(C)(C)C)c(O)c(C(C)(C)C)c2)nc2ccccc21. The number of para-hydroxylation sites is 2. The van der Waals surface area contributed by atoms with Gasteiger partial charge in [-0.2, -0.15) is 0 Å². The van der Waals surface area contributed by atoms with Crippen LogP contribution in [0.2, 0.25) is 0 Å². The van der Waals surface area contributed by atoms with Crippen LogP contribution in [0.25, 0.3) is 11.0 Å². The van der Waals surface area contributed by atoms with Gasteiger partial charge in [0.15, 0.2) is 0 Å². The lowest BCUT2D eigenvalue weighted by Gasteiger charge is -2.27. The van der Waals surface area contributed by atoms with Gasteiger partial charge in [0.1, 0.15) is 5.75 Å². The van der Waals surface area contributed by atoms with Crippen LogP contribution in [0.5, 0.6) is 5.75 Å². The summed E-state index contributed by atoms with van der Waals surface area (Å²) in [4.78, 5) is 9.48. The molecule has 29 heavy (non-hydrogen) atoms. The molecule has 0 fully saturated rings. The number of nitrogens with zero attached hydrogens (tertiary/aromatic N) is 3. The van der Waals surface area contributed by atoms with Crippen LogP contribution < -0.4 is 0 Å². The molecule has 0 aliphatic carbocycles. The molecule has 4 nitrogen and oxygen atoms in total. The first-order valence-corrected chi connectivity index (χ1v) is 10.4. The average Bonchev–Trinajstić information content (AvgIpc) is 2.97. The van der Waals surface area contributed by atoms with Crippen molar-refractivity contribution in [3.8, 4) is 5.75 Å². The maximum absolute atomic E-state index is 10.9. The first-order valence-electron chi connectivity index (χ1n) is 10.4. The number of imidazole rings is 1. The van der Waals surface area contributed by atoms with Gasteiger partial charge in [0, 0.05) is 23.9 Å². The van der Waals surface area contributed by atoms with Crippen molar-refractivity contribution in [3.05, 3.63) is 53.1 Å². The van der Waals surface area contributed by atoms with Crippen molar-refractivity contribution in [2.24, 2.45) is 4.99 Å². The molecule has 0 saturated carbocycles. The van der Waals surface area contributed by atoms with Gasteiger partial charge in [0.2, 0.25) is 5.95 Å². The summed E-state index contributed by atoms with van der Waals surface area (Å²) in [6.45, 7) is 15.8. The summed E-state index contributed by atoms with van der Waals surface area (Å²) < 4.78 is 2.17. The molecular formula is C25H33N3O. The zero-order valence-corrected chi connectivity index (χ0v) is 18.7. The molecule has 0 unspecified atom stereocenters. The van der Waals surface area contributed by atoms with Crippen molar-refractivity contribution in [2.45, 2.75) is 72.3 Å². The Morgan fingerprint density at radius 2 is 1.59 bits per heavy atom.